The number of ketones is 2. The molecule has 0 unspecified atom stereocenters. The molecule has 1 heterocycles. The largest absolute Gasteiger partial charge is 0.507 e. The van der Waals surface area contributed by atoms with Crippen molar-refractivity contribution >= 4 is 23.2 Å². The third kappa shape index (κ3) is 3.54. The topological polar surface area (TPSA) is 85.6 Å². The van der Waals surface area contributed by atoms with Crippen LogP contribution in [0.3, 0.4) is 0 Å². The summed E-state index contributed by atoms with van der Waals surface area (Å²) in [5.41, 5.74) is -0.367. The van der Waals surface area contributed by atoms with Gasteiger partial charge in [0.15, 0.2) is 11.6 Å². The fourth-order valence-corrected chi connectivity index (χ4v) is 2.98. The Morgan fingerprint density at radius 3 is 2.43 bits per heavy atom. The number of methoxy groups -OCH3 is 1. The Morgan fingerprint density at radius 1 is 1.07 bits per heavy atom. The molecule has 1 N–H and O–H groups in total. The third-order valence-corrected chi connectivity index (χ3v) is 4.44. The van der Waals surface area contributed by atoms with Crippen LogP contribution in [0, 0.1) is 0 Å². The maximum Gasteiger partial charge on any atom is 0.266 e. The highest BCUT2D eigenvalue weighted by atomic mass is 35.5. The molecule has 0 aliphatic carbocycles. The molecule has 0 bridgehead atoms. The van der Waals surface area contributed by atoms with E-state index in [0.29, 0.717) is 10.8 Å². The fraction of sp³-hybridized carbons (Fsp3) is 0.0952. The average molecular weight is 398 g/mol. The molecule has 0 aliphatic rings. The second-order valence-corrected chi connectivity index (χ2v) is 6.47. The number of carbonyl (C=O) groups excluding carboxylic acids is 2. The van der Waals surface area contributed by atoms with Gasteiger partial charge in [-0.2, -0.15) is 0 Å². The highest BCUT2D eigenvalue weighted by Gasteiger charge is 2.20. The van der Waals surface area contributed by atoms with Gasteiger partial charge in [0.05, 0.1) is 23.9 Å². The highest BCUT2D eigenvalue weighted by molar-refractivity contribution is 6.30. The van der Waals surface area contributed by atoms with Gasteiger partial charge in [-0.05, 0) is 43.3 Å². The second kappa shape index (κ2) is 7.70. The van der Waals surface area contributed by atoms with Crippen molar-refractivity contribution in [1.82, 2.24) is 4.57 Å². The molecule has 0 fully saturated rings. The number of pyridine rings is 1. The number of benzene rings is 2. The lowest BCUT2D eigenvalue weighted by atomic mass is 10.0. The smallest absolute Gasteiger partial charge is 0.266 e. The molecule has 0 saturated carbocycles. The third-order valence-electron chi connectivity index (χ3n) is 4.21. The van der Waals surface area contributed by atoms with Crippen LogP contribution in [0.15, 0.2) is 59.5 Å². The average Bonchev–Trinajstić information content (AvgIpc) is 2.67. The van der Waals surface area contributed by atoms with Crippen LogP contribution >= 0.6 is 11.6 Å². The summed E-state index contributed by atoms with van der Waals surface area (Å²) in [4.78, 5) is 37.8. The lowest BCUT2D eigenvalue weighted by molar-refractivity contribution is 0.101. The van der Waals surface area contributed by atoms with Crippen LogP contribution in [0.5, 0.6) is 11.5 Å². The lowest BCUT2D eigenvalue weighted by Crippen LogP contribution is -2.26. The molecule has 0 atom stereocenters. The van der Waals surface area contributed by atoms with Gasteiger partial charge in [-0.15, -0.1) is 0 Å². The molecule has 2 aromatic carbocycles. The molecule has 0 aliphatic heterocycles. The number of halogens is 1. The van der Waals surface area contributed by atoms with Crippen LogP contribution in [-0.4, -0.2) is 28.3 Å². The van der Waals surface area contributed by atoms with Crippen molar-refractivity contribution in [2.75, 3.05) is 7.11 Å². The molecule has 1 aromatic heterocycles. The monoisotopic (exact) mass is 397 g/mol. The Kier molecular flexibility index (Phi) is 5.33. The molecule has 3 rings (SSSR count). The first kappa shape index (κ1) is 19.4. The number of phenolic OH excluding ortho intramolecular Hbond substituents is 1. The molecule has 28 heavy (non-hydrogen) atoms. The minimum atomic E-state index is -0.609. The summed E-state index contributed by atoms with van der Waals surface area (Å²) in [6.07, 6.45) is 1.30. The lowest BCUT2D eigenvalue weighted by Gasteiger charge is -2.14. The quantitative estimate of drug-likeness (QED) is 0.664. The van der Waals surface area contributed by atoms with Gasteiger partial charge >= 0.3 is 0 Å². The number of Topliss-reactive ketones (excluding diaryl/α,β-unsaturated/α-hetero) is 1. The Hall–Kier alpha value is -3.38. The molecule has 0 saturated heterocycles. The maximum absolute atomic E-state index is 12.9. The van der Waals surface area contributed by atoms with E-state index in [-0.39, 0.29) is 28.1 Å². The van der Waals surface area contributed by atoms with E-state index >= 15 is 0 Å². The van der Waals surface area contributed by atoms with Gasteiger partial charge in [0, 0.05) is 16.8 Å². The van der Waals surface area contributed by atoms with E-state index in [1.165, 1.54) is 44.5 Å². The number of ether oxygens (including phenoxy) is 1. The van der Waals surface area contributed by atoms with Crippen molar-refractivity contribution < 1.29 is 19.4 Å². The summed E-state index contributed by atoms with van der Waals surface area (Å²) >= 11 is 6.06. The summed E-state index contributed by atoms with van der Waals surface area (Å²) in [5, 5.41) is 10.3. The second-order valence-electron chi connectivity index (χ2n) is 6.04. The van der Waals surface area contributed by atoms with Crippen LogP contribution in [-0.2, 0) is 0 Å². The van der Waals surface area contributed by atoms with E-state index in [2.05, 4.69) is 0 Å². The SMILES string of the molecule is COc1ccc(Cl)cc1-n1cc(C(=O)c2ccccc2O)cc(C(C)=O)c1=O. The number of aromatic hydroxyl groups is 1. The van der Waals surface area contributed by atoms with Gasteiger partial charge in [0.2, 0.25) is 0 Å². The minimum Gasteiger partial charge on any atom is -0.507 e. The van der Waals surface area contributed by atoms with Crippen molar-refractivity contribution in [3.05, 3.63) is 86.8 Å². The molecule has 6 nitrogen and oxygen atoms in total. The Bertz CT molecular complexity index is 1150. The standard InChI is InChI=1S/C21H16ClNO5/c1-12(24)16-9-13(20(26)15-5-3-4-6-18(15)25)11-23(21(16)27)17-10-14(22)7-8-19(17)28-2/h3-11,25H,1-2H3. The summed E-state index contributed by atoms with van der Waals surface area (Å²) in [5.74, 6) is -0.884. The zero-order valence-corrected chi connectivity index (χ0v) is 15.9. The van der Waals surface area contributed by atoms with Gasteiger partial charge in [-0.1, -0.05) is 23.7 Å². The van der Waals surface area contributed by atoms with E-state index in [9.17, 15) is 19.5 Å². The number of hydrogen-bond donors (Lipinski definition) is 1. The zero-order valence-electron chi connectivity index (χ0n) is 15.1. The molecule has 142 valence electrons. The molecule has 0 radical (unpaired) electrons. The summed E-state index contributed by atoms with van der Waals surface area (Å²) in [7, 11) is 1.43. The van der Waals surface area contributed by atoms with Gasteiger partial charge < -0.3 is 9.84 Å². The van der Waals surface area contributed by atoms with Crippen LogP contribution in [0.25, 0.3) is 5.69 Å². The van der Waals surface area contributed by atoms with E-state index in [1.54, 1.807) is 24.3 Å². The van der Waals surface area contributed by atoms with Gasteiger partial charge in [-0.3, -0.25) is 19.0 Å². The van der Waals surface area contributed by atoms with Crippen molar-refractivity contribution in [3.8, 4) is 17.2 Å². The van der Waals surface area contributed by atoms with E-state index in [0.717, 1.165) is 4.57 Å². The van der Waals surface area contributed by atoms with E-state index in [4.69, 9.17) is 16.3 Å². The van der Waals surface area contributed by atoms with E-state index < -0.39 is 17.1 Å². The van der Waals surface area contributed by atoms with Crippen LogP contribution in [0.1, 0.15) is 33.2 Å². The minimum absolute atomic E-state index is 0.0558. The molecule has 3 aromatic rings. The van der Waals surface area contributed by atoms with Crippen molar-refractivity contribution in [1.29, 1.82) is 0 Å². The normalized spacial score (nSPS) is 10.5. The van der Waals surface area contributed by atoms with Crippen molar-refractivity contribution in [2.45, 2.75) is 6.92 Å². The highest BCUT2D eigenvalue weighted by Crippen LogP contribution is 2.27. The number of aromatic nitrogens is 1. The first-order chi connectivity index (χ1) is 13.3. The first-order valence-electron chi connectivity index (χ1n) is 8.27. The summed E-state index contributed by atoms with van der Waals surface area (Å²) in [6, 6.07) is 11.9. The van der Waals surface area contributed by atoms with Gasteiger partial charge in [0.25, 0.3) is 5.56 Å². The predicted molar refractivity (Wildman–Crippen MR) is 105 cm³/mol. The van der Waals surface area contributed by atoms with Gasteiger partial charge in [0.1, 0.15) is 11.5 Å². The van der Waals surface area contributed by atoms with Crippen LogP contribution in [0.4, 0.5) is 0 Å². The number of hydrogen-bond acceptors (Lipinski definition) is 5. The molecular weight excluding hydrogens is 382 g/mol. The van der Waals surface area contributed by atoms with Crippen molar-refractivity contribution in [3.63, 3.8) is 0 Å². The summed E-state index contributed by atoms with van der Waals surface area (Å²) < 4.78 is 6.43. The predicted octanol–water partition coefficient (Wildman–Crippen LogP) is 3.64. The van der Waals surface area contributed by atoms with Crippen molar-refractivity contribution in [2.24, 2.45) is 0 Å². The number of carbonyl (C=O) groups is 2. The number of nitrogens with zero attached hydrogens (tertiary/aromatic N) is 1. The molecule has 7 heteroatoms. The van der Waals surface area contributed by atoms with Gasteiger partial charge in [-0.25, -0.2) is 0 Å². The Labute approximate surface area is 165 Å². The maximum atomic E-state index is 12.9. The number of rotatable bonds is 5. The molecule has 0 amide bonds. The first-order valence-corrected chi connectivity index (χ1v) is 8.65. The molecule has 0 spiro atoms. The number of phenols is 1. The van der Waals surface area contributed by atoms with Crippen LogP contribution < -0.4 is 10.3 Å². The Morgan fingerprint density at radius 2 is 1.79 bits per heavy atom. The zero-order chi connectivity index (χ0) is 20.4. The Balaban J connectivity index is 2.30. The molecular formula is C21H16ClNO5. The summed E-state index contributed by atoms with van der Waals surface area (Å²) in [6.45, 7) is 1.24. The fourth-order valence-electron chi connectivity index (χ4n) is 2.81. The van der Waals surface area contributed by atoms with Crippen LogP contribution in [0.2, 0.25) is 5.02 Å². The van der Waals surface area contributed by atoms with E-state index in [1.807, 2.05) is 0 Å². The number of para-hydroxylation sites is 1.